The SMILES string of the molecule is COc1ccc(-c2cc(-c3ccccc3)c3cc4c(-c5ccccc5)cc(-c5ccc(OC)cc5)nc4cc3n2)cc1. The number of methoxy groups -OCH3 is 2. The van der Waals surface area contributed by atoms with Gasteiger partial charge in [0.25, 0.3) is 0 Å². The van der Waals surface area contributed by atoms with Crippen LogP contribution in [-0.4, -0.2) is 24.2 Å². The fraction of sp³-hybridized carbons (Fsp3) is 0.0526. The van der Waals surface area contributed by atoms with E-state index in [1.165, 1.54) is 0 Å². The van der Waals surface area contributed by atoms with Crippen LogP contribution >= 0.6 is 0 Å². The van der Waals surface area contributed by atoms with Crippen molar-refractivity contribution in [3.8, 4) is 56.3 Å². The second-order valence-electron chi connectivity index (χ2n) is 10.2. The van der Waals surface area contributed by atoms with E-state index in [2.05, 4.69) is 97.1 Å². The Morgan fingerprint density at radius 2 is 0.810 bits per heavy atom. The van der Waals surface area contributed by atoms with Crippen molar-refractivity contribution in [1.82, 2.24) is 9.97 Å². The van der Waals surface area contributed by atoms with Crippen LogP contribution in [0.15, 0.2) is 133 Å². The fourth-order valence-electron chi connectivity index (χ4n) is 5.48. The van der Waals surface area contributed by atoms with E-state index in [-0.39, 0.29) is 0 Å². The number of hydrogen-bond acceptors (Lipinski definition) is 4. The summed E-state index contributed by atoms with van der Waals surface area (Å²) in [6.45, 7) is 0. The largest absolute Gasteiger partial charge is 0.497 e. The van der Waals surface area contributed by atoms with Crippen LogP contribution in [0.1, 0.15) is 0 Å². The molecule has 0 atom stereocenters. The van der Waals surface area contributed by atoms with Crippen LogP contribution in [0.2, 0.25) is 0 Å². The highest BCUT2D eigenvalue weighted by Gasteiger charge is 2.15. The third-order valence-corrected chi connectivity index (χ3v) is 7.68. The number of nitrogens with zero attached hydrogens (tertiary/aromatic N) is 2. The zero-order valence-corrected chi connectivity index (χ0v) is 23.4. The maximum Gasteiger partial charge on any atom is 0.118 e. The molecule has 0 spiro atoms. The Kier molecular flexibility index (Phi) is 6.57. The van der Waals surface area contributed by atoms with Gasteiger partial charge in [-0.15, -0.1) is 0 Å². The van der Waals surface area contributed by atoms with Gasteiger partial charge in [0.2, 0.25) is 0 Å². The van der Waals surface area contributed by atoms with Gasteiger partial charge in [0, 0.05) is 21.9 Å². The molecule has 0 bridgehead atoms. The number of rotatable bonds is 6. The van der Waals surface area contributed by atoms with E-state index >= 15 is 0 Å². The molecule has 7 rings (SSSR count). The summed E-state index contributed by atoms with van der Waals surface area (Å²) in [4.78, 5) is 10.3. The molecule has 0 radical (unpaired) electrons. The molecule has 5 aromatic carbocycles. The van der Waals surface area contributed by atoms with Gasteiger partial charge in [-0.05, 0) is 95.1 Å². The Hall–Kier alpha value is -5.48. The number of pyridine rings is 2. The van der Waals surface area contributed by atoms with Crippen LogP contribution in [0.3, 0.4) is 0 Å². The predicted octanol–water partition coefficient (Wildman–Crippen LogP) is 9.47. The molecule has 0 aliphatic heterocycles. The minimum atomic E-state index is 0.817. The smallest absolute Gasteiger partial charge is 0.118 e. The number of ether oxygens (including phenoxy) is 2. The lowest BCUT2D eigenvalue weighted by molar-refractivity contribution is 0.415. The molecular weight excluding hydrogens is 516 g/mol. The highest BCUT2D eigenvalue weighted by molar-refractivity contribution is 6.08. The first-order chi connectivity index (χ1) is 20.7. The molecule has 0 saturated carbocycles. The second kappa shape index (κ2) is 10.8. The van der Waals surface area contributed by atoms with Gasteiger partial charge in [-0.25, -0.2) is 9.97 Å². The van der Waals surface area contributed by atoms with Crippen molar-refractivity contribution in [3.63, 3.8) is 0 Å². The minimum absolute atomic E-state index is 0.817. The molecule has 0 amide bonds. The summed E-state index contributed by atoms with van der Waals surface area (Å²) < 4.78 is 10.8. The van der Waals surface area contributed by atoms with Gasteiger partial charge in [-0.2, -0.15) is 0 Å². The lowest BCUT2D eigenvalue weighted by Crippen LogP contribution is -1.94. The third kappa shape index (κ3) is 4.73. The topological polar surface area (TPSA) is 44.2 Å². The molecule has 202 valence electrons. The maximum atomic E-state index is 5.39. The summed E-state index contributed by atoms with van der Waals surface area (Å²) in [7, 11) is 3.36. The van der Waals surface area contributed by atoms with Crippen molar-refractivity contribution < 1.29 is 9.47 Å². The molecule has 7 aromatic rings. The summed E-state index contributed by atoms with van der Waals surface area (Å²) in [5, 5.41) is 2.17. The van der Waals surface area contributed by atoms with Crippen molar-refractivity contribution in [2.45, 2.75) is 0 Å². The Morgan fingerprint density at radius 1 is 0.405 bits per heavy atom. The number of fused-ring (bicyclic) bond motifs is 2. The molecule has 0 fully saturated rings. The number of hydrogen-bond donors (Lipinski definition) is 0. The highest BCUT2D eigenvalue weighted by Crippen LogP contribution is 2.38. The Bertz CT molecular complexity index is 1870. The van der Waals surface area contributed by atoms with E-state index in [1.807, 2.05) is 36.4 Å². The first-order valence-corrected chi connectivity index (χ1v) is 13.9. The summed E-state index contributed by atoms with van der Waals surface area (Å²) >= 11 is 0. The van der Waals surface area contributed by atoms with Crippen LogP contribution < -0.4 is 9.47 Å². The molecule has 42 heavy (non-hydrogen) atoms. The van der Waals surface area contributed by atoms with E-state index in [0.717, 1.165) is 78.1 Å². The van der Waals surface area contributed by atoms with Crippen molar-refractivity contribution in [2.24, 2.45) is 0 Å². The van der Waals surface area contributed by atoms with E-state index < -0.39 is 0 Å². The molecule has 0 saturated heterocycles. The summed E-state index contributed by atoms with van der Waals surface area (Å²) in [5.41, 5.74) is 10.2. The first-order valence-electron chi connectivity index (χ1n) is 13.9. The quantitative estimate of drug-likeness (QED) is 0.196. The molecule has 0 N–H and O–H groups in total. The number of benzene rings is 5. The predicted molar refractivity (Wildman–Crippen MR) is 172 cm³/mol. The molecule has 0 unspecified atom stereocenters. The average molecular weight is 545 g/mol. The molecule has 0 aliphatic rings. The molecule has 2 aromatic heterocycles. The second-order valence-corrected chi connectivity index (χ2v) is 10.2. The van der Waals surface area contributed by atoms with Crippen LogP contribution in [-0.2, 0) is 0 Å². The zero-order valence-electron chi connectivity index (χ0n) is 23.4. The molecular formula is C38H28N2O2. The van der Waals surface area contributed by atoms with Crippen LogP contribution in [0.4, 0.5) is 0 Å². The van der Waals surface area contributed by atoms with Crippen molar-refractivity contribution in [2.75, 3.05) is 14.2 Å². The Labute approximate surface area is 244 Å². The normalized spacial score (nSPS) is 11.1. The van der Waals surface area contributed by atoms with E-state index in [4.69, 9.17) is 19.4 Å². The van der Waals surface area contributed by atoms with E-state index in [9.17, 15) is 0 Å². The average Bonchev–Trinajstić information content (AvgIpc) is 3.07. The fourth-order valence-corrected chi connectivity index (χ4v) is 5.48. The lowest BCUT2D eigenvalue weighted by atomic mass is 9.93. The van der Waals surface area contributed by atoms with Gasteiger partial charge in [-0.3, -0.25) is 0 Å². The molecule has 0 aliphatic carbocycles. The maximum absolute atomic E-state index is 5.39. The van der Waals surface area contributed by atoms with Gasteiger partial charge in [-0.1, -0.05) is 60.7 Å². The van der Waals surface area contributed by atoms with E-state index in [0.29, 0.717) is 0 Å². The highest BCUT2D eigenvalue weighted by atomic mass is 16.5. The standard InChI is InChI=1S/C38H28N2O2/c1-41-29-17-13-27(14-18-29)35-22-31(25-9-5-3-6-10-25)33-21-34-32(26-11-7-4-8-12-26)23-36(40-38(34)24-37(33)39-35)28-15-19-30(42-2)20-16-28/h3-24H,1-2H3. The van der Waals surface area contributed by atoms with Crippen molar-refractivity contribution >= 4 is 21.8 Å². The molecule has 2 heterocycles. The first kappa shape index (κ1) is 25.5. The van der Waals surface area contributed by atoms with Gasteiger partial charge < -0.3 is 9.47 Å². The van der Waals surface area contributed by atoms with Crippen molar-refractivity contribution in [3.05, 3.63) is 133 Å². The van der Waals surface area contributed by atoms with Crippen LogP contribution in [0, 0.1) is 0 Å². The summed E-state index contributed by atoms with van der Waals surface area (Å²) in [6.07, 6.45) is 0. The van der Waals surface area contributed by atoms with Gasteiger partial charge >= 0.3 is 0 Å². The lowest BCUT2D eigenvalue weighted by Gasteiger charge is -2.15. The molecule has 4 nitrogen and oxygen atoms in total. The Morgan fingerprint density at radius 3 is 1.19 bits per heavy atom. The monoisotopic (exact) mass is 544 g/mol. The van der Waals surface area contributed by atoms with Crippen LogP contribution in [0.5, 0.6) is 11.5 Å². The van der Waals surface area contributed by atoms with Crippen molar-refractivity contribution in [1.29, 1.82) is 0 Å². The number of aromatic nitrogens is 2. The summed E-state index contributed by atoms with van der Waals surface area (Å²) in [6, 6.07) is 45.9. The minimum Gasteiger partial charge on any atom is -0.497 e. The van der Waals surface area contributed by atoms with Gasteiger partial charge in [0.15, 0.2) is 0 Å². The van der Waals surface area contributed by atoms with Crippen LogP contribution in [0.25, 0.3) is 66.6 Å². The van der Waals surface area contributed by atoms with E-state index in [1.54, 1.807) is 14.2 Å². The third-order valence-electron chi connectivity index (χ3n) is 7.68. The molecule has 4 heteroatoms. The van der Waals surface area contributed by atoms with Gasteiger partial charge in [0.05, 0.1) is 36.6 Å². The van der Waals surface area contributed by atoms with Gasteiger partial charge in [0.1, 0.15) is 11.5 Å². The Balaban J connectivity index is 1.52. The summed E-state index contributed by atoms with van der Waals surface area (Å²) in [5.74, 6) is 1.63. The zero-order chi connectivity index (χ0) is 28.5.